The zero-order valence-corrected chi connectivity index (χ0v) is 11.7. The highest BCUT2D eigenvalue weighted by Crippen LogP contribution is 2.28. The predicted molar refractivity (Wildman–Crippen MR) is 78.7 cm³/mol. The van der Waals surface area contributed by atoms with Crippen LogP contribution in [-0.4, -0.2) is 29.1 Å². The third-order valence-electron chi connectivity index (χ3n) is 3.64. The van der Waals surface area contributed by atoms with Crippen LogP contribution in [0.1, 0.15) is 18.4 Å². The van der Waals surface area contributed by atoms with Crippen LogP contribution in [0.2, 0.25) is 5.28 Å². The fraction of sp³-hybridized carbons (Fsp3) is 0.429. The van der Waals surface area contributed by atoms with E-state index in [1.165, 1.54) is 5.56 Å². The van der Waals surface area contributed by atoms with Gasteiger partial charge >= 0.3 is 0 Å². The Morgan fingerprint density at radius 2 is 2.00 bits per heavy atom. The van der Waals surface area contributed by atoms with Crippen LogP contribution in [0.3, 0.4) is 0 Å². The van der Waals surface area contributed by atoms with Crippen molar-refractivity contribution in [3.8, 4) is 0 Å². The Morgan fingerprint density at radius 1 is 1.26 bits per heavy atom. The van der Waals surface area contributed by atoms with Crippen LogP contribution in [0.4, 0.5) is 5.82 Å². The number of benzene rings is 1. The number of fused-ring (bicyclic) bond motifs is 1. The Morgan fingerprint density at radius 3 is 2.74 bits per heavy atom. The summed E-state index contributed by atoms with van der Waals surface area (Å²) >= 11 is 6.05. The first-order valence-corrected chi connectivity index (χ1v) is 6.96. The van der Waals surface area contributed by atoms with Crippen molar-refractivity contribution >= 4 is 28.3 Å². The van der Waals surface area contributed by atoms with Gasteiger partial charge in [0.1, 0.15) is 5.82 Å². The standard InChI is InChI=1S/C14H17ClN4/c1-9-2-3-11-12(8-9)17-14(15)18-13(11)19-6-4-10(16)5-7-19/h2-3,8,10H,4-7,16H2,1H3. The molecule has 19 heavy (non-hydrogen) atoms. The van der Waals surface area contributed by atoms with Crippen molar-refractivity contribution in [1.29, 1.82) is 0 Å². The molecular formula is C14H17ClN4. The maximum absolute atomic E-state index is 6.05. The minimum Gasteiger partial charge on any atom is -0.356 e. The molecule has 1 aromatic heterocycles. The molecule has 0 spiro atoms. The van der Waals surface area contributed by atoms with Crippen LogP contribution in [-0.2, 0) is 0 Å². The van der Waals surface area contributed by atoms with E-state index in [9.17, 15) is 0 Å². The highest BCUT2D eigenvalue weighted by Gasteiger charge is 2.20. The van der Waals surface area contributed by atoms with Gasteiger partial charge in [-0.15, -0.1) is 0 Å². The van der Waals surface area contributed by atoms with Gasteiger partial charge in [0.05, 0.1) is 5.52 Å². The van der Waals surface area contributed by atoms with E-state index in [-0.39, 0.29) is 0 Å². The first-order valence-electron chi connectivity index (χ1n) is 6.58. The second-order valence-electron chi connectivity index (χ2n) is 5.16. The van der Waals surface area contributed by atoms with E-state index in [2.05, 4.69) is 33.9 Å². The van der Waals surface area contributed by atoms with Crippen molar-refractivity contribution in [3.05, 3.63) is 29.0 Å². The number of hydrogen-bond donors (Lipinski definition) is 1. The van der Waals surface area contributed by atoms with Gasteiger partial charge in [-0.05, 0) is 49.1 Å². The van der Waals surface area contributed by atoms with Crippen molar-refractivity contribution < 1.29 is 0 Å². The second-order valence-corrected chi connectivity index (χ2v) is 5.50. The van der Waals surface area contributed by atoms with E-state index in [0.29, 0.717) is 11.3 Å². The summed E-state index contributed by atoms with van der Waals surface area (Å²) in [5, 5.41) is 1.37. The molecule has 0 saturated carbocycles. The van der Waals surface area contributed by atoms with Crippen LogP contribution in [0.25, 0.3) is 10.9 Å². The van der Waals surface area contributed by atoms with E-state index in [0.717, 1.165) is 42.7 Å². The molecule has 2 heterocycles. The highest BCUT2D eigenvalue weighted by atomic mass is 35.5. The Kier molecular flexibility index (Phi) is 3.29. The number of aryl methyl sites for hydroxylation is 1. The average molecular weight is 277 g/mol. The third-order valence-corrected chi connectivity index (χ3v) is 3.81. The molecule has 0 atom stereocenters. The quantitative estimate of drug-likeness (QED) is 0.813. The van der Waals surface area contributed by atoms with Crippen LogP contribution in [0, 0.1) is 6.92 Å². The maximum atomic E-state index is 6.05. The summed E-state index contributed by atoms with van der Waals surface area (Å²) in [6.07, 6.45) is 1.99. The van der Waals surface area contributed by atoms with Gasteiger partial charge in [0, 0.05) is 24.5 Å². The molecule has 0 radical (unpaired) electrons. The number of halogens is 1. The van der Waals surface area contributed by atoms with Crippen molar-refractivity contribution in [2.45, 2.75) is 25.8 Å². The van der Waals surface area contributed by atoms with Gasteiger partial charge in [-0.1, -0.05) is 6.07 Å². The second kappa shape index (κ2) is 4.94. The van der Waals surface area contributed by atoms with Crippen molar-refractivity contribution in [2.24, 2.45) is 5.73 Å². The molecule has 2 N–H and O–H groups in total. The summed E-state index contributed by atoms with van der Waals surface area (Å²) < 4.78 is 0. The zero-order chi connectivity index (χ0) is 13.4. The Balaban J connectivity index is 2.07. The van der Waals surface area contributed by atoms with Crippen LogP contribution in [0.15, 0.2) is 18.2 Å². The molecule has 0 unspecified atom stereocenters. The SMILES string of the molecule is Cc1ccc2c(N3CCC(N)CC3)nc(Cl)nc2c1. The lowest BCUT2D eigenvalue weighted by atomic mass is 10.1. The van der Waals surface area contributed by atoms with Gasteiger partial charge < -0.3 is 10.6 Å². The number of piperidine rings is 1. The molecule has 100 valence electrons. The van der Waals surface area contributed by atoms with Crippen molar-refractivity contribution in [3.63, 3.8) is 0 Å². The summed E-state index contributed by atoms with van der Waals surface area (Å²) in [5.41, 5.74) is 8.03. The molecule has 0 bridgehead atoms. The molecular weight excluding hydrogens is 260 g/mol. The normalized spacial score (nSPS) is 17.1. The molecule has 1 saturated heterocycles. The zero-order valence-electron chi connectivity index (χ0n) is 10.9. The van der Waals surface area contributed by atoms with Crippen LogP contribution in [0.5, 0.6) is 0 Å². The van der Waals surface area contributed by atoms with Gasteiger partial charge in [-0.3, -0.25) is 0 Å². The maximum Gasteiger partial charge on any atom is 0.224 e. The summed E-state index contributed by atoms with van der Waals surface area (Å²) in [4.78, 5) is 11.0. The average Bonchev–Trinajstić information content (AvgIpc) is 2.38. The van der Waals surface area contributed by atoms with Gasteiger partial charge in [0.15, 0.2) is 0 Å². The summed E-state index contributed by atoms with van der Waals surface area (Å²) in [5.74, 6) is 0.932. The first kappa shape index (κ1) is 12.6. The summed E-state index contributed by atoms with van der Waals surface area (Å²) in [7, 11) is 0. The molecule has 5 heteroatoms. The van der Waals surface area contributed by atoms with Gasteiger partial charge in [0.2, 0.25) is 5.28 Å². The van der Waals surface area contributed by atoms with E-state index in [4.69, 9.17) is 17.3 Å². The summed E-state index contributed by atoms with van der Waals surface area (Å²) in [6, 6.07) is 6.51. The van der Waals surface area contributed by atoms with Crippen molar-refractivity contribution in [1.82, 2.24) is 9.97 Å². The molecule has 2 aromatic rings. The van der Waals surface area contributed by atoms with Gasteiger partial charge in [0.25, 0.3) is 0 Å². The minimum absolute atomic E-state index is 0.307. The lowest BCUT2D eigenvalue weighted by molar-refractivity contribution is 0.499. The number of anilines is 1. The molecule has 3 rings (SSSR count). The number of nitrogens with zero attached hydrogens (tertiary/aromatic N) is 3. The lowest BCUT2D eigenvalue weighted by Crippen LogP contribution is -2.40. The van der Waals surface area contributed by atoms with E-state index < -0.39 is 0 Å². The number of hydrogen-bond acceptors (Lipinski definition) is 4. The van der Waals surface area contributed by atoms with Crippen LogP contribution < -0.4 is 10.6 Å². The Labute approximate surface area is 117 Å². The molecule has 1 fully saturated rings. The Bertz CT molecular complexity index is 600. The Hall–Kier alpha value is -1.39. The first-order chi connectivity index (χ1) is 9.13. The van der Waals surface area contributed by atoms with Gasteiger partial charge in [-0.25, -0.2) is 4.98 Å². The molecule has 0 aliphatic carbocycles. The fourth-order valence-corrected chi connectivity index (χ4v) is 2.72. The molecule has 1 aliphatic rings. The number of nitrogens with two attached hydrogens (primary N) is 1. The number of rotatable bonds is 1. The molecule has 0 amide bonds. The topological polar surface area (TPSA) is 55.0 Å². The van der Waals surface area contributed by atoms with E-state index >= 15 is 0 Å². The fourth-order valence-electron chi connectivity index (χ4n) is 2.55. The smallest absolute Gasteiger partial charge is 0.224 e. The van der Waals surface area contributed by atoms with E-state index in [1.54, 1.807) is 0 Å². The van der Waals surface area contributed by atoms with Crippen molar-refractivity contribution in [2.75, 3.05) is 18.0 Å². The molecule has 1 aromatic carbocycles. The lowest BCUT2D eigenvalue weighted by Gasteiger charge is -2.31. The monoisotopic (exact) mass is 276 g/mol. The molecule has 4 nitrogen and oxygen atoms in total. The van der Waals surface area contributed by atoms with Gasteiger partial charge in [-0.2, -0.15) is 4.98 Å². The van der Waals surface area contributed by atoms with Crippen LogP contribution >= 0.6 is 11.6 Å². The highest BCUT2D eigenvalue weighted by molar-refractivity contribution is 6.28. The summed E-state index contributed by atoms with van der Waals surface area (Å²) in [6.45, 7) is 3.91. The minimum atomic E-state index is 0.307. The predicted octanol–water partition coefficient (Wildman–Crippen LogP) is 2.52. The third kappa shape index (κ3) is 2.51. The molecule has 1 aliphatic heterocycles. The van der Waals surface area contributed by atoms with E-state index in [1.807, 2.05) is 6.07 Å². The number of aromatic nitrogens is 2. The largest absolute Gasteiger partial charge is 0.356 e.